The Morgan fingerprint density at radius 1 is 1.15 bits per heavy atom. The van der Waals surface area contributed by atoms with E-state index in [1.807, 2.05) is 31.2 Å². The molecule has 0 heterocycles. The lowest BCUT2D eigenvalue weighted by atomic mass is 9.97. The van der Waals surface area contributed by atoms with Crippen LogP contribution in [0.1, 0.15) is 29.8 Å². The van der Waals surface area contributed by atoms with Crippen molar-refractivity contribution >= 4 is 22.7 Å². The molecule has 0 spiro atoms. The number of hydrogen-bond donors (Lipinski definition) is 0. The van der Waals surface area contributed by atoms with E-state index >= 15 is 0 Å². The van der Waals surface area contributed by atoms with Gasteiger partial charge >= 0.3 is 11.9 Å². The maximum atomic E-state index is 11.9. The fourth-order valence-electron chi connectivity index (χ4n) is 2.26. The minimum absolute atomic E-state index is 0.431. The molecule has 0 fully saturated rings. The summed E-state index contributed by atoms with van der Waals surface area (Å²) in [5.74, 6) is -0.447. The maximum absolute atomic E-state index is 11.9. The molecular formula is C16H16O4. The Balaban J connectivity index is 2.57. The number of fused-ring (bicyclic) bond motifs is 1. The Labute approximate surface area is 117 Å². The Bertz CT molecular complexity index is 673. The lowest BCUT2D eigenvalue weighted by molar-refractivity contribution is -0.135. The normalized spacial score (nSPS) is 10.3. The second-order valence-electron chi connectivity index (χ2n) is 4.41. The molecule has 2 rings (SSSR count). The van der Waals surface area contributed by atoms with Crippen LogP contribution in [0.15, 0.2) is 30.3 Å². The van der Waals surface area contributed by atoms with Crippen LogP contribution in [0.4, 0.5) is 0 Å². The molecule has 104 valence electrons. The van der Waals surface area contributed by atoms with E-state index in [9.17, 15) is 9.59 Å². The first kappa shape index (κ1) is 14.1. The number of rotatable bonds is 3. The molecule has 0 aliphatic rings. The summed E-state index contributed by atoms with van der Waals surface area (Å²) < 4.78 is 9.86. The molecule has 4 heteroatoms. The van der Waals surface area contributed by atoms with Crippen LogP contribution < -0.4 is 4.74 Å². The zero-order valence-corrected chi connectivity index (χ0v) is 11.7. The third-order valence-corrected chi connectivity index (χ3v) is 3.15. The van der Waals surface area contributed by atoms with Crippen molar-refractivity contribution in [2.75, 3.05) is 7.11 Å². The van der Waals surface area contributed by atoms with E-state index in [2.05, 4.69) is 4.74 Å². The minimum Gasteiger partial charge on any atom is -0.497 e. The fourth-order valence-corrected chi connectivity index (χ4v) is 2.26. The van der Waals surface area contributed by atoms with E-state index in [0.29, 0.717) is 12.0 Å². The molecule has 0 radical (unpaired) electrons. The number of carbonyl (C=O) groups is 2. The topological polar surface area (TPSA) is 52.6 Å². The van der Waals surface area contributed by atoms with Crippen LogP contribution in [0.5, 0.6) is 5.75 Å². The standard InChI is InChI=1S/C16H16O4/c1-4-13-14-8-6-12(19-3)9-11(14)5-7-15(13)16(18)20-10(2)17/h5-9H,4H2,1-3H3. The highest BCUT2D eigenvalue weighted by Gasteiger charge is 2.16. The molecule has 0 atom stereocenters. The van der Waals surface area contributed by atoms with Crippen LogP contribution in [-0.2, 0) is 16.0 Å². The van der Waals surface area contributed by atoms with Gasteiger partial charge in [0.1, 0.15) is 5.75 Å². The summed E-state index contributed by atoms with van der Waals surface area (Å²) in [4.78, 5) is 22.8. The Morgan fingerprint density at radius 3 is 2.50 bits per heavy atom. The highest BCUT2D eigenvalue weighted by Crippen LogP contribution is 2.27. The van der Waals surface area contributed by atoms with E-state index < -0.39 is 11.9 Å². The van der Waals surface area contributed by atoms with Crippen LogP contribution in [-0.4, -0.2) is 19.0 Å². The van der Waals surface area contributed by atoms with Gasteiger partial charge in [0.15, 0.2) is 0 Å². The van der Waals surface area contributed by atoms with Crippen molar-refractivity contribution in [1.82, 2.24) is 0 Å². The SMILES string of the molecule is CCc1c(C(=O)OC(C)=O)ccc2cc(OC)ccc12. The van der Waals surface area contributed by atoms with Crippen LogP contribution in [0, 0.1) is 0 Å². The van der Waals surface area contributed by atoms with Crippen molar-refractivity contribution in [2.45, 2.75) is 20.3 Å². The van der Waals surface area contributed by atoms with Crippen LogP contribution >= 0.6 is 0 Å². The number of methoxy groups -OCH3 is 1. The fraction of sp³-hybridized carbons (Fsp3) is 0.250. The molecule has 20 heavy (non-hydrogen) atoms. The van der Waals surface area contributed by atoms with Crippen molar-refractivity contribution < 1.29 is 19.1 Å². The summed E-state index contributed by atoms with van der Waals surface area (Å²) in [6, 6.07) is 9.19. The van der Waals surface area contributed by atoms with Gasteiger partial charge in [-0.15, -0.1) is 0 Å². The van der Waals surface area contributed by atoms with Gasteiger partial charge in [-0.2, -0.15) is 0 Å². The smallest absolute Gasteiger partial charge is 0.346 e. The average Bonchev–Trinajstić information content (AvgIpc) is 2.44. The largest absolute Gasteiger partial charge is 0.497 e. The van der Waals surface area contributed by atoms with E-state index in [4.69, 9.17) is 4.74 Å². The minimum atomic E-state index is -0.605. The third kappa shape index (κ3) is 2.64. The van der Waals surface area contributed by atoms with E-state index in [1.54, 1.807) is 13.2 Å². The molecule has 2 aromatic carbocycles. The van der Waals surface area contributed by atoms with Gasteiger partial charge < -0.3 is 9.47 Å². The zero-order valence-electron chi connectivity index (χ0n) is 11.7. The Morgan fingerprint density at radius 2 is 1.90 bits per heavy atom. The zero-order chi connectivity index (χ0) is 14.7. The van der Waals surface area contributed by atoms with Gasteiger partial charge in [0.2, 0.25) is 0 Å². The lowest BCUT2D eigenvalue weighted by Gasteiger charge is -2.11. The number of hydrogen-bond acceptors (Lipinski definition) is 4. The van der Waals surface area contributed by atoms with Gasteiger partial charge in [-0.25, -0.2) is 4.79 Å². The molecule has 0 N–H and O–H groups in total. The predicted molar refractivity (Wildman–Crippen MR) is 76.0 cm³/mol. The molecule has 0 aliphatic carbocycles. The first-order valence-electron chi connectivity index (χ1n) is 6.39. The van der Waals surface area contributed by atoms with Gasteiger partial charge in [0.25, 0.3) is 0 Å². The van der Waals surface area contributed by atoms with E-state index in [0.717, 1.165) is 22.1 Å². The van der Waals surface area contributed by atoms with Crippen molar-refractivity contribution in [3.05, 3.63) is 41.5 Å². The van der Waals surface area contributed by atoms with Crippen molar-refractivity contribution in [2.24, 2.45) is 0 Å². The van der Waals surface area contributed by atoms with Gasteiger partial charge in [-0.05, 0) is 41.0 Å². The number of aryl methyl sites for hydroxylation is 1. The van der Waals surface area contributed by atoms with Gasteiger partial charge in [0.05, 0.1) is 12.7 Å². The van der Waals surface area contributed by atoms with Crippen molar-refractivity contribution in [3.63, 3.8) is 0 Å². The van der Waals surface area contributed by atoms with Crippen LogP contribution in [0.25, 0.3) is 10.8 Å². The van der Waals surface area contributed by atoms with Gasteiger partial charge in [-0.3, -0.25) is 4.79 Å². The first-order valence-corrected chi connectivity index (χ1v) is 6.39. The summed E-state index contributed by atoms with van der Waals surface area (Å²) in [7, 11) is 1.61. The molecule has 2 aromatic rings. The molecule has 0 bridgehead atoms. The Kier molecular flexibility index (Phi) is 4.03. The molecule has 0 aromatic heterocycles. The number of ether oxygens (including phenoxy) is 2. The average molecular weight is 272 g/mol. The molecular weight excluding hydrogens is 256 g/mol. The van der Waals surface area contributed by atoms with E-state index in [1.165, 1.54) is 6.92 Å². The molecule has 0 aliphatic heterocycles. The quantitative estimate of drug-likeness (QED) is 0.636. The molecule has 0 saturated carbocycles. The monoisotopic (exact) mass is 272 g/mol. The number of benzene rings is 2. The number of esters is 2. The second kappa shape index (κ2) is 5.74. The van der Waals surface area contributed by atoms with Crippen LogP contribution in [0.2, 0.25) is 0 Å². The molecule has 0 amide bonds. The lowest BCUT2D eigenvalue weighted by Crippen LogP contribution is -2.11. The summed E-state index contributed by atoms with van der Waals surface area (Å²) in [6.07, 6.45) is 0.673. The molecule has 4 nitrogen and oxygen atoms in total. The summed E-state index contributed by atoms with van der Waals surface area (Å²) >= 11 is 0. The van der Waals surface area contributed by atoms with Gasteiger partial charge in [-0.1, -0.05) is 19.1 Å². The summed E-state index contributed by atoms with van der Waals surface area (Å²) in [5, 5.41) is 1.95. The maximum Gasteiger partial charge on any atom is 0.346 e. The first-order chi connectivity index (χ1) is 9.56. The predicted octanol–water partition coefficient (Wildman–Crippen LogP) is 3.11. The summed E-state index contributed by atoms with van der Waals surface area (Å²) in [6.45, 7) is 3.18. The highest BCUT2D eigenvalue weighted by atomic mass is 16.6. The second-order valence-corrected chi connectivity index (χ2v) is 4.41. The van der Waals surface area contributed by atoms with E-state index in [-0.39, 0.29) is 0 Å². The third-order valence-electron chi connectivity index (χ3n) is 3.15. The van der Waals surface area contributed by atoms with Crippen LogP contribution in [0.3, 0.4) is 0 Å². The van der Waals surface area contributed by atoms with Crippen molar-refractivity contribution in [1.29, 1.82) is 0 Å². The van der Waals surface area contributed by atoms with Gasteiger partial charge in [0, 0.05) is 6.92 Å². The highest BCUT2D eigenvalue weighted by molar-refractivity contribution is 6.02. The molecule has 0 unspecified atom stereocenters. The molecule has 0 saturated heterocycles. The summed E-state index contributed by atoms with van der Waals surface area (Å²) in [5.41, 5.74) is 1.30. The van der Waals surface area contributed by atoms with Crippen molar-refractivity contribution in [3.8, 4) is 5.75 Å². The Hall–Kier alpha value is -2.36. The number of carbonyl (C=O) groups excluding carboxylic acids is 2.